The fourth-order valence-corrected chi connectivity index (χ4v) is 1.07. The highest BCUT2D eigenvalue weighted by molar-refractivity contribution is 5.89. The van der Waals surface area contributed by atoms with Gasteiger partial charge in [0.2, 0.25) is 0 Å². The van der Waals surface area contributed by atoms with E-state index >= 15 is 0 Å². The van der Waals surface area contributed by atoms with Crippen LogP contribution in [-0.2, 0) is 0 Å². The summed E-state index contributed by atoms with van der Waals surface area (Å²) in [4.78, 5) is 10.5. The molecule has 0 aliphatic rings. The summed E-state index contributed by atoms with van der Waals surface area (Å²) in [5.41, 5.74) is -0.519. The van der Waals surface area contributed by atoms with Gasteiger partial charge in [-0.15, -0.1) is 0 Å². The first-order valence-corrected chi connectivity index (χ1v) is 3.63. The highest BCUT2D eigenvalue weighted by Crippen LogP contribution is 2.19. The summed E-state index contributed by atoms with van der Waals surface area (Å²) >= 11 is 0. The predicted octanol–water partition coefficient (Wildman–Crippen LogP) is 2.28. The zero-order valence-corrected chi connectivity index (χ0v) is 7.19. The van der Waals surface area contributed by atoms with E-state index in [2.05, 4.69) is 0 Å². The van der Waals surface area contributed by atoms with Crippen LogP contribution in [0.15, 0.2) is 6.07 Å². The largest absolute Gasteiger partial charge is 0.478 e. The van der Waals surface area contributed by atoms with Crippen LogP contribution in [0.2, 0.25) is 0 Å². The van der Waals surface area contributed by atoms with Crippen molar-refractivity contribution in [3.63, 3.8) is 0 Å². The van der Waals surface area contributed by atoms with Crippen LogP contribution in [0.1, 0.15) is 21.5 Å². The van der Waals surface area contributed by atoms with Crippen LogP contribution in [-0.4, -0.2) is 11.1 Å². The maximum Gasteiger partial charge on any atom is 0.336 e. The molecule has 1 aromatic rings. The van der Waals surface area contributed by atoms with E-state index in [-0.39, 0.29) is 16.7 Å². The first kappa shape index (κ1) is 9.64. The molecule has 0 unspecified atom stereocenters. The number of aromatic carboxylic acids is 1. The molecule has 0 amide bonds. The molecule has 0 aliphatic heterocycles. The van der Waals surface area contributed by atoms with Crippen LogP contribution in [0.25, 0.3) is 0 Å². The van der Waals surface area contributed by atoms with E-state index in [9.17, 15) is 13.6 Å². The lowest BCUT2D eigenvalue weighted by Crippen LogP contribution is -2.05. The zero-order valence-electron chi connectivity index (χ0n) is 7.19. The van der Waals surface area contributed by atoms with Gasteiger partial charge in [0.05, 0.1) is 5.56 Å². The lowest BCUT2D eigenvalue weighted by Gasteiger charge is -2.05. The van der Waals surface area contributed by atoms with Gasteiger partial charge in [-0.25, -0.2) is 13.6 Å². The van der Waals surface area contributed by atoms with Gasteiger partial charge in [0.15, 0.2) is 0 Å². The molecule has 70 valence electrons. The molecule has 0 fully saturated rings. The Hall–Kier alpha value is -1.45. The van der Waals surface area contributed by atoms with Gasteiger partial charge in [-0.05, 0) is 25.5 Å². The molecule has 4 heteroatoms. The third kappa shape index (κ3) is 1.52. The molecule has 1 rings (SSSR count). The van der Waals surface area contributed by atoms with Gasteiger partial charge in [-0.1, -0.05) is 0 Å². The van der Waals surface area contributed by atoms with E-state index in [0.29, 0.717) is 0 Å². The second-order valence-electron chi connectivity index (χ2n) is 2.78. The van der Waals surface area contributed by atoms with E-state index in [1.165, 1.54) is 13.8 Å². The van der Waals surface area contributed by atoms with Gasteiger partial charge in [0, 0.05) is 5.56 Å². The summed E-state index contributed by atoms with van der Waals surface area (Å²) in [6.45, 7) is 2.58. The lowest BCUT2D eigenvalue weighted by atomic mass is 10.0. The fraction of sp³-hybridized carbons (Fsp3) is 0.222. The van der Waals surface area contributed by atoms with Gasteiger partial charge < -0.3 is 5.11 Å². The van der Waals surface area contributed by atoms with Crippen LogP contribution in [0, 0.1) is 25.5 Å². The summed E-state index contributed by atoms with van der Waals surface area (Å²) in [7, 11) is 0. The molecule has 0 radical (unpaired) electrons. The van der Waals surface area contributed by atoms with Crippen molar-refractivity contribution >= 4 is 5.97 Å². The summed E-state index contributed by atoms with van der Waals surface area (Å²) in [5, 5.41) is 8.57. The van der Waals surface area contributed by atoms with Crippen molar-refractivity contribution in [1.29, 1.82) is 0 Å². The molecule has 0 aromatic heterocycles. The van der Waals surface area contributed by atoms with Gasteiger partial charge in [-0.2, -0.15) is 0 Å². The number of benzene rings is 1. The van der Waals surface area contributed by atoms with Crippen molar-refractivity contribution in [2.24, 2.45) is 0 Å². The van der Waals surface area contributed by atoms with Gasteiger partial charge in [0.1, 0.15) is 11.6 Å². The van der Waals surface area contributed by atoms with Crippen molar-refractivity contribution in [3.05, 3.63) is 34.4 Å². The van der Waals surface area contributed by atoms with Gasteiger partial charge >= 0.3 is 5.97 Å². The second-order valence-corrected chi connectivity index (χ2v) is 2.78. The van der Waals surface area contributed by atoms with Crippen LogP contribution in [0.5, 0.6) is 0 Å². The molecule has 0 saturated carbocycles. The topological polar surface area (TPSA) is 37.3 Å². The Bertz CT molecular complexity index is 372. The Morgan fingerprint density at radius 1 is 1.31 bits per heavy atom. The molecule has 1 N–H and O–H groups in total. The predicted molar refractivity (Wildman–Crippen MR) is 42.8 cm³/mol. The minimum Gasteiger partial charge on any atom is -0.478 e. The van der Waals surface area contributed by atoms with Crippen molar-refractivity contribution in [2.75, 3.05) is 0 Å². The van der Waals surface area contributed by atoms with Crippen molar-refractivity contribution in [2.45, 2.75) is 13.8 Å². The Balaban J connectivity index is 3.50. The van der Waals surface area contributed by atoms with Crippen molar-refractivity contribution in [1.82, 2.24) is 0 Å². The molecule has 0 bridgehead atoms. The number of hydrogen-bond donors (Lipinski definition) is 1. The first-order chi connectivity index (χ1) is 5.95. The zero-order chi connectivity index (χ0) is 10.2. The molecule has 0 heterocycles. The highest BCUT2D eigenvalue weighted by Gasteiger charge is 2.16. The van der Waals surface area contributed by atoms with Crippen LogP contribution in [0.4, 0.5) is 8.78 Å². The minimum atomic E-state index is -1.32. The quantitative estimate of drug-likeness (QED) is 0.730. The van der Waals surface area contributed by atoms with Crippen molar-refractivity contribution in [3.8, 4) is 0 Å². The number of hydrogen-bond acceptors (Lipinski definition) is 1. The summed E-state index contributed by atoms with van der Waals surface area (Å²) in [5.74, 6) is -2.95. The lowest BCUT2D eigenvalue weighted by molar-refractivity contribution is 0.0695. The van der Waals surface area contributed by atoms with Crippen LogP contribution >= 0.6 is 0 Å². The molecule has 1 aromatic carbocycles. The number of halogens is 2. The molecule has 0 aliphatic carbocycles. The summed E-state index contributed by atoms with van der Waals surface area (Å²) in [6.07, 6.45) is 0. The normalized spacial score (nSPS) is 10.2. The van der Waals surface area contributed by atoms with Crippen LogP contribution < -0.4 is 0 Å². The Labute approximate surface area is 73.8 Å². The van der Waals surface area contributed by atoms with Gasteiger partial charge in [0.25, 0.3) is 0 Å². The average Bonchev–Trinajstić information content (AvgIpc) is 2.07. The maximum atomic E-state index is 13.1. The van der Waals surface area contributed by atoms with E-state index in [0.717, 1.165) is 6.07 Å². The Morgan fingerprint density at radius 3 is 2.31 bits per heavy atom. The standard InChI is InChI=1S/C9H8F2O2/c1-4-6(9(12)13)3-7(10)5(2)8(4)11/h3H,1-2H3,(H,12,13). The SMILES string of the molecule is Cc1c(F)cc(C(=O)O)c(C)c1F. The summed E-state index contributed by atoms with van der Waals surface area (Å²) < 4.78 is 26.0. The van der Waals surface area contributed by atoms with Crippen LogP contribution in [0.3, 0.4) is 0 Å². The number of carbonyl (C=O) groups is 1. The van der Waals surface area contributed by atoms with E-state index in [4.69, 9.17) is 5.11 Å². The minimum absolute atomic E-state index is 0.0357. The first-order valence-electron chi connectivity index (χ1n) is 3.63. The molecular weight excluding hydrogens is 178 g/mol. The summed E-state index contributed by atoms with van der Waals surface area (Å²) in [6, 6.07) is 0.829. The number of carboxylic acid groups (broad SMARTS) is 1. The smallest absolute Gasteiger partial charge is 0.336 e. The monoisotopic (exact) mass is 186 g/mol. The second kappa shape index (κ2) is 3.12. The molecule has 0 spiro atoms. The Morgan fingerprint density at radius 2 is 1.85 bits per heavy atom. The Kier molecular flexibility index (Phi) is 2.32. The van der Waals surface area contributed by atoms with E-state index in [1.807, 2.05) is 0 Å². The molecular formula is C9H8F2O2. The van der Waals surface area contributed by atoms with Gasteiger partial charge in [-0.3, -0.25) is 0 Å². The van der Waals surface area contributed by atoms with E-state index in [1.54, 1.807) is 0 Å². The molecule has 0 atom stereocenters. The third-order valence-corrected chi connectivity index (χ3v) is 1.92. The molecule has 2 nitrogen and oxygen atoms in total. The number of carboxylic acids is 1. The maximum absolute atomic E-state index is 13.1. The fourth-order valence-electron chi connectivity index (χ4n) is 1.07. The molecule has 0 saturated heterocycles. The third-order valence-electron chi connectivity index (χ3n) is 1.92. The van der Waals surface area contributed by atoms with Crippen molar-refractivity contribution < 1.29 is 18.7 Å². The average molecular weight is 186 g/mol. The molecule has 13 heavy (non-hydrogen) atoms. The highest BCUT2D eigenvalue weighted by atomic mass is 19.1. The number of rotatable bonds is 1. The van der Waals surface area contributed by atoms with E-state index < -0.39 is 17.6 Å².